The molecule has 2 rings (SSSR count). The van der Waals surface area contributed by atoms with Gasteiger partial charge in [-0.3, -0.25) is 4.79 Å². The molecular formula is C16H20OS. The maximum absolute atomic E-state index is 11.7. The van der Waals surface area contributed by atoms with Crippen molar-refractivity contribution in [3.05, 3.63) is 42.0 Å². The second-order valence-corrected chi connectivity index (χ2v) is 6.20. The molecule has 18 heavy (non-hydrogen) atoms. The van der Waals surface area contributed by atoms with E-state index >= 15 is 0 Å². The number of carbonyl (C=O) groups excluding carboxylic acids is 1. The Hall–Kier alpha value is -1.02. The number of carbonyl (C=O) groups is 1. The van der Waals surface area contributed by atoms with E-state index in [9.17, 15) is 4.79 Å². The molecule has 0 radical (unpaired) electrons. The first-order valence-corrected chi connectivity index (χ1v) is 7.53. The van der Waals surface area contributed by atoms with Gasteiger partial charge in [0.1, 0.15) is 0 Å². The van der Waals surface area contributed by atoms with Gasteiger partial charge in [0.15, 0.2) is 5.78 Å². The van der Waals surface area contributed by atoms with Crippen molar-refractivity contribution < 1.29 is 4.79 Å². The van der Waals surface area contributed by atoms with Gasteiger partial charge in [-0.15, -0.1) is 11.8 Å². The molecule has 1 aliphatic rings. The highest BCUT2D eigenvalue weighted by atomic mass is 32.2. The summed E-state index contributed by atoms with van der Waals surface area (Å²) in [5.41, 5.74) is 0.953. The molecule has 1 aromatic carbocycles. The van der Waals surface area contributed by atoms with Crippen LogP contribution in [0.4, 0.5) is 0 Å². The lowest BCUT2D eigenvalue weighted by Gasteiger charge is -2.25. The molecule has 0 aliphatic heterocycles. The number of hydrogen-bond donors (Lipinski definition) is 0. The van der Waals surface area contributed by atoms with Crippen LogP contribution in [-0.2, 0) is 4.79 Å². The fraction of sp³-hybridized carbons (Fsp3) is 0.438. The number of thioether (sulfide) groups is 1. The first-order chi connectivity index (χ1) is 8.66. The number of allylic oxidation sites excluding steroid dienone is 2. The molecule has 0 N–H and O–H groups in total. The van der Waals surface area contributed by atoms with Gasteiger partial charge in [0, 0.05) is 17.1 Å². The van der Waals surface area contributed by atoms with Gasteiger partial charge in [0.2, 0.25) is 0 Å². The minimum atomic E-state index is 0.336. The molecule has 1 nitrogen and oxygen atoms in total. The van der Waals surface area contributed by atoms with Crippen LogP contribution < -0.4 is 0 Å². The van der Waals surface area contributed by atoms with Crippen LogP contribution in [0.2, 0.25) is 0 Å². The van der Waals surface area contributed by atoms with Crippen LogP contribution in [0.25, 0.3) is 0 Å². The highest BCUT2D eigenvalue weighted by Crippen LogP contribution is 2.31. The smallest absolute Gasteiger partial charge is 0.158 e. The molecule has 0 amide bonds. The Morgan fingerprint density at radius 3 is 2.72 bits per heavy atom. The van der Waals surface area contributed by atoms with Gasteiger partial charge in [0.25, 0.3) is 0 Å². The van der Waals surface area contributed by atoms with Crippen molar-refractivity contribution in [1.82, 2.24) is 0 Å². The second kappa shape index (κ2) is 6.24. The van der Waals surface area contributed by atoms with Gasteiger partial charge >= 0.3 is 0 Å². The summed E-state index contributed by atoms with van der Waals surface area (Å²) >= 11 is 1.89. The number of rotatable bonds is 4. The summed E-state index contributed by atoms with van der Waals surface area (Å²) < 4.78 is 0. The SMILES string of the molecule is CC1=CC[C@@H](C(C)CSc2ccccc2)CC1=O. The number of ketones is 1. The van der Waals surface area contributed by atoms with E-state index in [1.165, 1.54) is 4.90 Å². The Morgan fingerprint density at radius 1 is 1.33 bits per heavy atom. The maximum Gasteiger partial charge on any atom is 0.158 e. The predicted octanol–water partition coefficient (Wildman–Crippen LogP) is 4.34. The molecule has 0 aromatic heterocycles. The molecule has 0 saturated heterocycles. The largest absolute Gasteiger partial charge is 0.295 e. The van der Waals surface area contributed by atoms with Crippen molar-refractivity contribution in [2.45, 2.75) is 31.6 Å². The van der Waals surface area contributed by atoms with Gasteiger partial charge in [-0.1, -0.05) is 31.2 Å². The van der Waals surface area contributed by atoms with Crippen LogP contribution in [0.15, 0.2) is 46.9 Å². The van der Waals surface area contributed by atoms with Crippen LogP contribution in [-0.4, -0.2) is 11.5 Å². The van der Waals surface area contributed by atoms with Crippen LogP contribution >= 0.6 is 11.8 Å². The molecular weight excluding hydrogens is 240 g/mol. The fourth-order valence-electron chi connectivity index (χ4n) is 2.24. The summed E-state index contributed by atoms with van der Waals surface area (Å²) in [4.78, 5) is 13.0. The standard InChI is InChI=1S/C16H20OS/c1-12-8-9-14(10-16(12)17)13(2)11-18-15-6-4-3-5-7-15/h3-8,13-14H,9-11H2,1-2H3/t13?,14-/m1/s1. The minimum absolute atomic E-state index is 0.336. The molecule has 2 atom stereocenters. The van der Waals surface area contributed by atoms with Gasteiger partial charge < -0.3 is 0 Å². The topological polar surface area (TPSA) is 17.1 Å². The van der Waals surface area contributed by atoms with Gasteiger partial charge in [0.05, 0.1) is 0 Å². The van der Waals surface area contributed by atoms with Crippen LogP contribution in [0.1, 0.15) is 26.7 Å². The average Bonchev–Trinajstić information content (AvgIpc) is 2.40. The van der Waals surface area contributed by atoms with Crippen LogP contribution in [0.5, 0.6) is 0 Å². The molecule has 1 aliphatic carbocycles. The van der Waals surface area contributed by atoms with Crippen LogP contribution in [0.3, 0.4) is 0 Å². The third-order valence-corrected chi connectivity index (χ3v) is 4.97. The van der Waals surface area contributed by atoms with E-state index in [0.717, 1.165) is 24.2 Å². The third kappa shape index (κ3) is 3.49. The maximum atomic E-state index is 11.7. The molecule has 1 unspecified atom stereocenters. The predicted molar refractivity (Wildman–Crippen MR) is 77.8 cm³/mol. The average molecular weight is 260 g/mol. The number of Topliss-reactive ketones (excluding diaryl/α,β-unsaturated/α-hetero) is 1. The van der Waals surface area contributed by atoms with E-state index in [1.807, 2.05) is 24.8 Å². The molecule has 0 saturated carbocycles. The molecule has 2 heteroatoms. The number of hydrogen-bond acceptors (Lipinski definition) is 2. The van der Waals surface area contributed by atoms with Crippen molar-refractivity contribution in [2.75, 3.05) is 5.75 Å². The Morgan fingerprint density at radius 2 is 2.06 bits per heavy atom. The van der Waals surface area contributed by atoms with Gasteiger partial charge in [-0.25, -0.2) is 0 Å². The monoisotopic (exact) mass is 260 g/mol. The Kier molecular flexibility index (Phi) is 4.65. The molecule has 0 spiro atoms. The van der Waals surface area contributed by atoms with E-state index in [0.29, 0.717) is 17.6 Å². The van der Waals surface area contributed by atoms with Crippen LogP contribution in [0, 0.1) is 11.8 Å². The zero-order valence-corrected chi connectivity index (χ0v) is 11.9. The molecule has 1 aromatic rings. The van der Waals surface area contributed by atoms with Crippen molar-refractivity contribution in [1.29, 1.82) is 0 Å². The summed E-state index contributed by atoms with van der Waals surface area (Å²) in [7, 11) is 0. The second-order valence-electron chi connectivity index (χ2n) is 5.11. The summed E-state index contributed by atoms with van der Waals surface area (Å²) in [6.45, 7) is 4.20. The summed E-state index contributed by atoms with van der Waals surface area (Å²) in [5.74, 6) is 2.54. The van der Waals surface area contributed by atoms with Crippen molar-refractivity contribution >= 4 is 17.5 Å². The molecule has 0 heterocycles. The van der Waals surface area contributed by atoms with Crippen molar-refractivity contribution in [2.24, 2.45) is 11.8 Å². The van der Waals surface area contributed by atoms with Crippen molar-refractivity contribution in [3.8, 4) is 0 Å². The summed E-state index contributed by atoms with van der Waals surface area (Å²) in [6, 6.07) is 10.5. The quantitative estimate of drug-likeness (QED) is 0.749. The van der Waals surface area contributed by atoms with Gasteiger partial charge in [-0.05, 0) is 42.9 Å². The molecule has 96 valence electrons. The lowest BCUT2D eigenvalue weighted by molar-refractivity contribution is -0.117. The first kappa shape index (κ1) is 13.4. The Bertz CT molecular complexity index is 436. The first-order valence-electron chi connectivity index (χ1n) is 6.54. The van der Waals surface area contributed by atoms with Crippen molar-refractivity contribution in [3.63, 3.8) is 0 Å². The lowest BCUT2D eigenvalue weighted by atomic mass is 9.82. The van der Waals surface area contributed by atoms with E-state index in [1.54, 1.807) is 0 Å². The highest BCUT2D eigenvalue weighted by molar-refractivity contribution is 7.99. The lowest BCUT2D eigenvalue weighted by Crippen LogP contribution is -2.21. The van der Waals surface area contributed by atoms with E-state index < -0.39 is 0 Å². The van der Waals surface area contributed by atoms with E-state index in [4.69, 9.17) is 0 Å². The van der Waals surface area contributed by atoms with E-state index in [2.05, 4.69) is 37.3 Å². The zero-order valence-electron chi connectivity index (χ0n) is 11.1. The fourth-order valence-corrected chi connectivity index (χ4v) is 3.32. The van der Waals surface area contributed by atoms with Gasteiger partial charge in [-0.2, -0.15) is 0 Å². The summed E-state index contributed by atoms with van der Waals surface area (Å²) in [6.07, 6.45) is 3.91. The molecule has 0 fully saturated rings. The zero-order chi connectivity index (χ0) is 13.0. The highest BCUT2D eigenvalue weighted by Gasteiger charge is 2.24. The Labute approximate surface area is 114 Å². The third-order valence-electron chi connectivity index (χ3n) is 3.68. The summed E-state index contributed by atoms with van der Waals surface area (Å²) in [5, 5.41) is 0. The Balaban J connectivity index is 1.86. The normalized spacial score (nSPS) is 21.6. The molecule has 0 bridgehead atoms. The number of benzene rings is 1. The van der Waals surface area contributed by atoms with E-state index in [-0.39, 0.29) is 0 Å². The minimum Gasteiger partial charge on any atom is -0.295 e.